The molecule has 0 aliphatic rings. The Kier molecular flexibility index (Phi) is 4.70. The first-order chi connectivity index (χ1) is 12.1. The normalized spacial score (nSPS) is 10.5. The molecule has 0 aliphatic carbocycles. The standard InChI is InChI=1S/C19H17NO5/c1-23-13-7-9-14(10-8-13)25-18(21)12-20-11-16(19(22)24-2)15-5-3-4-6-17(15)20/h3-11H,12H2,1-2H3. The lowest BCUT2D eigenvalue weighted by Crippen LogP contribution is -2.15. The van der Waals surface area contributed by atoms with Crippen molar-refractivity contribution in [3.63, 3.8) is 0 Å². The number of rotatable bonds is 5. The van der Waals surface area contributed by atoms with E-state index in [0.717, 1.165) is 10.9 Å². The Morgan fingerprint density at radius 2 is 1.64 bits per heavy atom. The molecule has 25 heavy (non-hydrogen) atoms. The Morgan fingerprint density at radius 3 is 2.32 bits per heavy atom. The molecule has 0 aliphatic heterocycles. The summed E-state index contributed by atoms with van der Waals surface area (Å²) in [7, 11) is 2.89. The monoisotopic (exact) mass is 339 g/mol. The molecule has 0 fully saturated rings. The van der Waals surface area contributed by atoms with E-state index in [0.29, 0.717) is 17.1 Å². The van der Waals surface area contributed by atoms with Crippen LogP contribution in [0.2, 0.25) is 0 Å². The van der Waals surface area contributed by atoms with E-state index in [2.05, 4.69) is 0 Å². The van der Waals surface area contributed by atoms with Crippen LogP contribution in [0.5, 0.6) is 11.5 Å². The van der Waals surface area contributed by atoms with Crippen molar-refractivity contribution < 1.29 is 23.8 Å². The fourth-order valence-electron chi connectivity index (χ4n) is 2.60. The third-order valence-corrected chi connectivity index (χ3v) is 3.78. The summed E-state index contributed by atoms with van der Waals surface area (Å²) in [6.07, 6.45) is 1.60. The fraction of sp³-hybridized carbons (Fsp3) is 0.158. The average molecular weight is 339 g/mol. The van der Waals surface area contributed by atoms with E-state index in [1.165, 1.54) is 7.11 Å². The lowest BCUT2D eigenvalue weighted by atomic mass is 10.2. The van der Waals surface area contributed by atoms with Gasteiger partial charge in [-0.25, -0.2) is 9.59 Å². The highest BCUT2D eigenvalue weighted by molar-refractivity contribution is 6.04. The van der Waals surface area contributed by atoms with Crippen molar-refractivity contribution in [1.82, 2.24) is 4.57 Å². The number of aromatic nitrogens is 1. The van der Waals surface area contributed by atoms with E-state index in [9.17, 15) is 9.59 Å². The van der Waals surface area contributed by atoms with Gasteiger partial charge in [0.25, 0.3) is 0 Å². The summed E-state index contributed by atoms with van der Waals surface area (Å²) >= 11 is 0. The number of carbonyl (C=O) groups is 2. The third kappa shape index (κ3) is 3.47. The summed E-state index contributed by atoms with van der Waals surface area (Å²) < 4.78 is 16.9. The predicted octanol–water partition coefficient (Wildman–Crippen LogP) is 3.04. The molecule has 0 N–H and O–H groups in total. The SMILES string of the molecule is COC(=O)c1cn(CC(=O)Oc2ccc(OC)cc2)c2ccccc12. The van der Waals surface area contributed by atoms with Gasteiger partial charge in [0.05, 0.1) is 19.8 Å². The highest BCUT2D eigenvalue weighted by Gasteiger charge is 2.17. The Morgan fingerprint density at radius 1 is 0.960 bits per heavy atom. The zero-order chi connectivity index (χ0) is 17.8. The summed E-state index contributed by atoms with van der Waals surface area (Å²) in [6, 6.07) is 14.1. The second-order valence-electron chi connectivity index (χ2n) is 5.33. The zero-order valence-corrected chi connectivity index (χ0v) is 13.9. The minimum Gasteiger partial charge on any atom is -0.497 e. The lowest BCUT2D eigenvalue weighted by molar-refractivity contribution is -0.135. The number of methoxy groups -OCH3 is 2. The van der Waals surface area contributed by atoms with Crippen molar-refractivity contribution in [2.45, 2.75) is 6.54 Å². The van der Waals surface area contributed by atoms with E-state index in [1.54, 1.807) is 42.1 Å². The molecule has 6 heteroatoms. The summed E-state index contributed by atoms with van der Waals surface area (Å²) in [5.74, 6) is 0.218. The molecule has 0 saturated heterocycles. The van der Waals surface area contributed by atoms with E-state index in [4.69, 9.17) is 14.2 Å². The van der Waals surface area contributed by atoms with Crippen LogP contribution in [0.15, 0.2) is 54.7 Å². The Labute approximate surface area is 144 Å². The van der Waals surface area contributed by atoms with E-state index < -0.39 is 11.9 Å². The molecular weight excluding hydrogens is 322 g/mol. The van der Waals surface area contributed by atoms with Gasteiger partial charge in [0.1, 0.15) is 18.0 Å². The molecule has 0 amide bonds. The molecule has 0 spiro atoms. The lowest BCUT2D eigenvalue weighted by Gasteiger charge is -2.07. The van der Waals surface area contributed by atoms with Crippen LogP contribution in [0.4, 0.5) is 0 Å². The first kappa shape index (κ1) is 16.6. The first-order valence-electron chi connectivity index (χ1n) is 7.63. The van der Waals surface area contributed by atoms with Crippen LogP contribution in [0, 0.1) is 0 Å². The molecule has 1 heterocycles. The fourth-order valence-corrected chi connectivity index (χ4v) is 2.60. The van der Waals surface area contributed by atoms with Crippen LogP contribution >= 0.6 is 0 Å². The number of para-hydroxylation sites is 1. The van der Waals surface area contributed by atoms with Gasteiger partial charge in [0.2, 0.25) is 0 Å². The molecule has 0 atom stereocenters. The number of hydrogen-bond acceptors (Lipinski definition) is 5. The number of fused-ring (bicyclic) bond motifs is 1. The molecule has 6 nitrogen and oxygen atoms in total. The molecule has 128 valence electrons. The van der Waals surface area contributed by atoms with Gasteiger partial charge in [0.15, 0.2) is 0 Å². The predicted molar refractivity (Wildman–Crippen MR) is 91.9 cm³/mol. The molecular formula is C19H17NO5. The van der Waals surface area contributed by atoms with Gasteiger partial charge in [-0.05, 0) is 30.3 Å². The van der Waals surface area contributed by atoms with Crippen LogP contribution in [-0.2, 0) is 16.1 Å². The van der Waals surface area contributed by atoms with Crippen molar-refractivity contribution >= 4 is 22.8 Å². The summed E-state index contributed by atoms with van der Waals surface area (Å²) in [5, 5.41) is 0.728. The van der Waals surface area contributed by atoms with Crippen LogP contribution in [-0.4, -0.2) is 30.7 Å². The van der Waals surface area contributed by atoms with Gasteiger partial charge in [-0.1, -0.05) is 18.2 Å². The number of ether oxygens (including phenoxy) is 3. The average Bonchev–Trinajstić information content (AvgIpc) is 3.00. The first-order valence-corrected chi connectivity index (χ1v) is 7.63. The molecule has 0 bridgehead atoms. The zero-order valence-electron chi connectivity index (χ0n) is 13.9. The van der Waals surface area contributed by atoms with E-state index in [1.807, 2.05) is 24.3 Å². The second kappa shape index (κ2) is 7.09. The van der Waals surface area contributed by atoms with Crippen LogP contribution in [0.3, 0.4) is 0 Å². The number of carbonyl (C=O) groups excluding carboxylic acids is 2. The van der Waals surface area contributed by atoms with Gasteiger partial charge in [-0.3, -0.25) is 0 Å². The molecule has 3 rings (SSSR count). The Hall–Kier alpha value is -3.28. The summed E-state index contributed by atoms with van der Waals surface area (Å²) in [6.45, 7) is -0.0243. The van der Waals surface area contributed by atoms with Gasteiger partial charge in [0, 0.05) is 17.1 Å². The number of benzene rings is 2. The van der Waals surface area contributed by atoms with Gasteiger partial charge in [-0.2, -0.15) is 0 Å². The summed E-state index contributed by atoms with van der Waals surface area (Å²) in [5.41, 5.74) is 1.17. The molecule has 2 aromatic carbocycles. The van der Waals surface area contributed by atoms with Crippen molar-refractivity contribution in [1.29, 1.82) is 0 Å². The number of esters is 2. The van der Waals surface area contributed by atoms with Crippen LogP contribution in [0.1, 0.15) is 10.4 Å². The van der Waals surface area contributed by atoms with Crippen LogP contribution < -0.4 is 9.47 Å². The molecule has 1 aromatic heterocycles. The van der Waals surface area contributed by atoms with E-state index >= 15 is 0 Å². The maximum absolute atomic E-state index is 12.2. The molecule has 0 saturated carbocycles. The second-order valence-corrected chi connectivity index (χ2v) is 5.33. The third-order valence-electron chi connectivity index (χ3n) is 3.78. The molecule has 3 aromatic rings. The topological polar surface area (TPSA) is 66.8 Å². The van der Waals surface area contributed by atoms with Crippen molar-refractivity contribution in [3.8, 4) is 11.5 Å². The molecule has 0 unspecified atom stereocenters. The minimum atomic E-state index is -0.446. The quantitative estimate of drug-likeness (QED) is 0.528. The van der Waals surface area contributed by atoms with Gasteiger partial charge >= 0.3 is 11.9 Å². The van der Waals surface area contributed by atoms with E-state index in [-0.39, 0.29) is 6.54 Å². The largest absolute Gasteiger partial charge is 0.497 e. The highest BCUT2D eigenvalue weighted by atomic mass is 16.5. The van der Waals surface area contributed by atoms with Crippen molar-refractivity contribution in [2.75, 3.05) is 14.2 Å². The smallest absolute Gasteiger partial charge is 0.340 e. The molecule has 0 radical (unpaired) electrons. The minimum absolute atomic E-state index is 0.0243. The van der Waals surface area contributed by atoms with Crippen LogP contribution in [0.25, 0.3) is 10.9 Å². The number of hydrogen-bond donors (Lipinski definition) is 0. The maximum atomic E-state index is 12.2. The highest BCUT2D eigenvalue weighted by Crippen LogP contribution is 2.23. The number of nitrogens with zero attached hydrogens (tertiary/aromatic N) is 1. The Balaban J connectivity index is 1.82. The van der Waals surface area contributed by atoms with Gasteiger partial charge < -0.3 is 18.8 Å². The van der Waals surface area contributed by atoms with Crippen molar-refractivity contribution in [3.05, 3.63) is 60.3 Å². The van der Waals surface area contributed by atoms with Crippen molar-refractivity contribution in [2.24, 2.45) is 0 Å². The maximum Gasteiger partial charge on any atom is 0.340 e. The van der Waals surface area contributed by atoms with Gasteiger partial charge in [-0.15, -0.1) is 0 Å². The Bertz CT molecular complexity index is 911. The summed E-state index contributed by atoms with van der Waals surface area (Å²) in [4.78, 5) is 24.2.